The Morgan fingerprint density at radius 3 is 2.72 bits per heavy atom. The molecule has 0 saturated heterocycles. The molecule has 0 saturated carbocycles. The lowest BCUT2D eigenvalue weighted by Gasteiger charge is -2.25. The predicted octanol–water partition coefficient (Wildman–Crippen LogP) is 4.34. The van der Waals surface area contributed by atoms with Crippen LogP contribution in [0.2, 0.25) is 0 Å². The molecule has 0 fully saturated rings. The molecule has 0 bridgehead atoms. The first-order valence-electron chi connectivity index (χ1n) is 7.86. The van der Waals surface area contributed by atoms with Crippen molar-refractivity contribution in [1.29, 1.82) is 0 Å². The Balaban J connectivity index is 1.59. The molecule has 3 nitrogen and oxygen atoms in total. The molecule has 0 aliphatic heterocycles. The van der Waals surface area contributed by atoms with E-state index in [4.69, 9.17) is 0 Å². The van der Waals surface area contributed by atoms with Gasteiger partial charge in [0.05, 0.1) is 22.4 Å². The fourth-order valence-corrected chi connectivity index (χ4v) is 3.75. The Morgan fingerprint density at radius 2 is 2.04 bits per heavy atom. The Kier molecular flexibility index (Phi) is 5.03. The molecule has 3 rings (SSSR count). The van der Waals surface area contributed by atoms with Gasteiger partial charge in [0.2, 0.25) is 5.91 Å². The van der Waals surface area contributed by atoms with Crippen LogP contribution in [0.25, 0.3) is 0 Å². The summed E-state index contributed by atoms with van der Waals surface area (Å²) in [6.07, 6.45) is -1.76. The van der Waals surface area contributed by atoms with Crippen LogP contribution in [0.1, 0.15) is 29.2 Å². The molecule has 1 heterocycles. The number of benzene rings is 1. The molecule has 7 heteroatoms. The van der Waals surface area contributed by atoms with Crippen LogP contribution < -0.4 is 0 Å². The first-order valence-corrected chi connectivity index (χ1v) is 8.84. The molecule has 132 valence electrons. The number of carbonyl (C=O) groups excluding carboxylic acids is 1. The second kappa shape index (κ2) is 7.07. The van der Waals surface area contributed by atoms with Crippen molar-refractivity contribution in [2.45, 2.75) is 30.1 Å². The van der Waals surface area contributed by atoms with Gasteiger partial charge in [0.15, 0.2) is 0 Å². The molecule has 0 N–H and O–H groups in total. The number of thioether (sulfide) groups is 1. The van der Waals surface area contributed by atoms with Crippen molar-refractivity contribution in [3.8, 4) is 0 Å². The Morgan fingerprint density at radius 1 is 1.28 bits per heavy atom. The van der Waals surface area contributed by atoms with Gasteiger partial charge in [-0.3, -0.25) is 4.79 Å². The van der Waals surface area contributed by atoms with Crippen molar-refractivity contribution in [2.24, 2.45) is 0 Å². The zero-order valence-corrected chi connectivity index (χ0v) is 14.4. The largest absolute Gasteiger partial charge is 0.417 e. The third-order valence-electron chi connectivity index (χ3n) is 4.37. The zero-order chi connectivity index (χ0) is 18.0. The van der Waals surface area contributed by atoms with Gasteiger partial charge in [0, 0.05) is 13.2 Å². The normalized spacial score (nSPS) is 16.6. The summed E-state index contributed by atoms with van der Waals surface area (Å²) in [6.45, 7) is 0. The highest BCUT2D eigenvalue weighted by Crippen LogP contribution is 2.35. The summed E-state index contributed by atoms with van der Waals surface area (Å²) in [6, 6.07) is 10.4. The number of amides is 1. The lowest BCUT2D eigenvalue weighted by Crippen LogP contribution is -2.31. The average Bonchev–Trinajstić information content (AvgIpc) is 3.02. The number of alkyl halides is 3. The molecule has 1 aliphatic rings. The lowest BCUT2D eigenvalue weighted by atomic mass is 10.1. The summed E-state index contributed by atoms with van der Waals surface area (Å²) < 4.78 is 37.6. The molecule has 1 aromatic carbocycles. The highest BCUT2D eigenvalue weighted by Gasteiger charge is 2.31. The maximum atomic E-state index is 12.5. The van der Waals surface area contributed by atoms with E-state index in [9.17, 15) is 18.0 Å². The van der Waals surface area contributed by atoms with E-state index in [-0.39, 0.29) is 17.7 Å². The third kappa shape index (κ3) is 3.98. The Hall–Kier alpha value is -2.02. The van der Waals surface area contributed by atoms with Crippen LogP contribution in [0.15, 0.2) is 47.6 Å². The number of aryl methyl sites for hydroxylation is 1. The van der Waals surface area contributed by atoms with E-state index in [1.54, 1.807) is 11.9 Å². The van der Waals surface area contributed by atoms with Gasteiger partial charge in [-0.1, -0.05) is 36.0 Å². The van der Waals surface area contributed by atoms with E-state index in [2.05, 4.69) is 11.1 Å². The molecule has 25 heavy (non-hydrogen) atoms. The first kappa shape index (κ1) is 17.8. The van der Waals surface area contributed by atoms with Crippen LogP contribution in [0.4, 0.5) is 13.2 Å². The molecular formula is C18H17F3N2OS. The molecular weight excluding hydrogens is 349 g/mol. The minimum atomic E-state index is -4.40. The van der Waals surface area contributed by atoms with E-state index in [1.807, 2.05) is 18.2 Å². The number of halogens is 3. The van der Waals surface area contributed by atoms with E-state index in [0.717, 1.165) is 36.9 Å². The zero-order valence-electron chi connectivity index (χ0n) is 13.6. The van der Waals surface area contributed by atoms with Crippen molar-refractivity contribution < 1.29 is 18.0 Å². The number of aromatic nitrogens is 1. The average molecular weight is 366 g/mol. The van der Waals surface area contributed by atoms with Gasteiger partial charge < -0.3 is 4.90 Å². The monoisotopic (exact) mass is 366 g/mol. The number of hydrogen-bond donors (Lipinski definition) is 0. The number of hydrogen-bond acceptors (Lipinski definition) is 3. The van der Waals surface area contributed by atoms with E-state index in [0.29, 0.717) is 5.03 Å². The molecule has 1 amide bonds. The second-order valence-corrected chi connectivity index (χ2v) is 6.93. The maximum Gasteiger partial charge on any atom is 0.417 e. The van der Waals surface area contributed by atoms with Crippen molar-refractivity contribution in [3.63, 3.8) is 0 Å². The topological polar surface area (TPSA) is 33.2 Å². The van der Waals surface area contributed by atoms with E-state index >= 15 is 0 Å². The standard InChI is InChI=1S/C18H17F3N2OS/c1-23(15-8-6-12-4-2-3-5-14(12)15)17(24)11-25-16-9-7-13(10-22-16)18(19,20)21/h2-5,7,9-10,15H,6,8,11H2,1H3. The Bertz CT molecular complexity index is 762. The molecule has 1 atom stereocenters. The number of fused-ring (bicyclic) bond motifs is 1. The Labute approximate surface area is 148 Å². The lowest BCUT2D eigenvalue weighted by molar-refractivity contribution is -0.138. The summed E-state index contributed by atoms with van der Waals surface area (Å²) in [5.74, 6) is 0.0847. The van der Waals surface area contributed by atoms with E-state index < -0.39 is 11.7 Å². The van der Waals surface area contributed by atoms with Crippen LogP contribution >= 0.6 is 11.8 Å². The summed E-state index contributed by atoms with van der Waals surface area (Å²) in [4.78, 5) is 17.9. The number of pyridine rings is 1. The van der Waals surface area contributed by atoms with Crippen LogP contribution in [0, 0.1) is 0 Å². The summed E-state index contributed by atoms with van der Waals surface area (Å²) in [5.41, 5.74) is 1.66. The molecule has 1 unspecified atom stereocenters. The van der Waals surface area contributed by atoms with Gasteiger partial charge in [0.1, 0.15) is 0 Å². The molecule has 2 aromatic rings. The summed E-state index contributed by atoms with van der Waals surface area (Å²) in [7, 11) is 1.77. The van der Waals surface area contributed by atoms with Gasteiger partial charge in [-0.15, -0.1) is 0 Å². The quantitative estimate of drug-likeness (QED) is 0.755. The second-order valence-electron chi connectivity index (χ2n) is 5.93. The van der Waals surface area contributed by atoms with Gasteiger partial charge in [0.25, 0.3) is 0 Å². The molecule has 1 aromatic heterocycles. The van der Waals surface area contributed by atoms with Crippen LogP contribution in [-0.2, 0) is 17.4 Å². The SMILES string of the molecule is CN(C(=O)CSc1ccc(C(F)(F)F)cn1)C1CCc2ccccc21. The van der Waals surface area contributed by atoms with Gasteiger partial charge >= 0.3 is 6.18 Å². The van der Waals surface area contributed by atoms with E-state index in [1.165, 1.54) is 17.2 Å². The third-order valence-corrected chi connectivity index (χ3v) is 5.30. The van der Waals surface area contributed by atoms with Crippen LogP contribution in [0.3, 0.4) is 0 Å². The highest BCUT2D eigenvalue weighted by molar-refractivity contribution is 7.99. The summed E-state index contributed by atoms with van der Waals surface area (Å²) in [5, 5.41) is 0.404. The number of nitrogens with zero attached hydrogens (tertiary/aromatic N) is 2. The van der Waals surface area contributed by atoms with Crippen LogP contribution in [0.5, 0.6) is 0 Å². The minimum absolute atomic E-state index is 0.0601. The first-order chi connectivity index (χ1) is 11.9. The molecule has 0 radical (unpaired) electrons. The van der Waals surface area contributed by atoms with Gasteiger partial charge in [-0.2, -0.15) is 13.2 Å². The predicted molar refractivity (Wildman–Crippen MR) is 90.2 cm³/mol. The van der Waals surface area contributed by atoms with Gasteiger partial charge in [-0.05, 0) is 36.1 Å². The number of rotatable bonds is 4. The maximum absolute atomic E-state index is 12.5. The fourth-order valence-electron chi connectivity index (χ4n) is 2.98. The minimum Gasteiger partial charge on any atom is -0.338 e. The van der Waals surface area contributed by atoms with Crippen molar-refractivity contribution in [1.82, 2.24) is 9.88 Å². The van der Waals surface area contributed by atoms with Crippen LogP contribution in [-0.4, -0.2) is 28.6 Å². The van der Waals surface area contributed by atoms with Crippen molar-refractivity contribution in [3.05, 3.63) is 59.3 Å². The van der Waals surface area contributed by atoms with Gasteiger partial charge in [-0.25, -0.2) is 4.98 Å². The fraction of sp³-hybridized carbons (Fsp3) is 0.333. The van der Waals surface area contributed by atoms with Crippen molar-refractivity contribution >= 4 is 17.7 Å². The smallest absolute Gasteiger partial charge is 0.338 e. The highest BCUT2D eigenvalue weighted by atomic mass is 32.2. The molecule has 1 aliphatic carbocycles. The number of carbonyl (C=O) groups is 1. The van der Waals surface area contributed by atoms with Crippen molar-refractivity contribution in [2.75, 3.05) is 12.8 Å². The molecule has 0 spiro atoms. The summed E-state index contributed by atoms with van der Waals surface area (Å²) >= 11 is 1.15.